The topological polar surface area (TPSA) is 33.0 Å². The molecule has 0 bridgehead atoms. The summed E-state index contributed by atoms with van der Waals surface area (Å²) in [4.78, 5) is 9.95. The van der Waals surface area contributed by atoms with Crippen LogP contribution in [0.15, 0.2) is 12.5 Å². The van der Waals surface area contributed by atoms with Crippen molar-refractivity contribution in [2.45, 2.75) is 6.42 Å². The monoisotopic (exact) mass is 121 g/mol. The van der Waals surface area contributed by atoms with Crippen LogP contribution in [-0.4, -0.2) is 16.5 Å². The van der Waals surface area contributed by atoms with Gasteiger partial charge in [0.05, 0.1) is 12.7 Å². The number of hydrogen-bond acceptors (Lipinski definition) is 1. The summed E-state index contributed by atoms with van der Waals surface area (Å²) >= 11 is 0. The Morgan fingerprint density at radius 1 is 1.78 bits per heavy atom. The van der Waals surface area contributed by atoms with Gasteiger partial charge in [-0.3, -0.25) is 0 Å². The molecule has 0 fully saturated rings. The molecule has 0 radical (unpaired) electrons. The number of imidazole rings is 1. The van der Waals surface area contributed by atoms with Gasteiger partial charge in [-0.1, -0.05) is 0 Å². The molecule has 1 aromatic heterocycles. The predicted molar refractivity (Wildman–Crippen MR) is 33.8 cm³/mol. The molecule has 46 valence electrons. The second-order valence-corrected chi connectivity index (χ2v) is 1.71. The summed E-state index contributed by atoms with van der Waals surface area (Å²) in [5.74, 6) is 0. The van der Waals surface area contributed by atoms with E-state index < -0.39 is 0 Å². The number of nitrogens with one attached hydrogen (secondary N) is 1. The van der Waals surface area contributed by atoms with Crippen LogP contribution < -0.4 is 0 Å². The lowest BCUT2D eigenvalue weighted by Gasteiger charge is -1.82. The maximum atomic E-state index is 6.50. The van der Waals surface area contributed by atoms with E-state index in [2.05, 4.69) is 14.8 Å². The molecular formula is C6H7N3. The first-order chi connectivity index (χ1) is 4.43. The molecule has 3 nitrogen and oxygen atoms in total. The normalized spacial score (nSPS) is 8.78. The van der Waals surface area contributed by atoms with E-state index in [-0.39, 0.29) is 0 Å². The minimum atomic E-state index is 0.544. The van der Waals surface area contributed by atoms with Crippen LogP contribution in [0.3, 0.4) is 0 Å². The molecule has 1 aromatic rings. The Kier molecular flexibility index (Phi) is 1.86. The molecule has 0 saturated carbocycles. The molecule has 0 aliphatic rings. The summed E-state index contributed by atoms with van der Waals surface area (Å²) in [5, 5.41) is 0. The molecule has 0 atom stereocenters. The second-order valence-electron chi connectivity index (χ2n) is 1.71. The number of hydrogen-bond donors (Lipinski definition) is 1. The zero-order chi connectivity index (χ0) is 6.53. The van der Waals surface area contributed by atoms with Crippen LogP contribution in [0.25, 0.3) is 4.85 Å². The summed E-state index contributed by atoms with van der Waals surface area (Å²) < 4.78 is 0. The van der Waals surface area contributed by atoms with Gasteiger partial charge < -0.3 is 9.83 Å². The van der Waals surface area contributed by atoms with Crippen LogP contribution >= 0.6 is 0 Å². The van der Waals surface area contributed by atoms with Crippen LogP contribution in [0.1, 0.15) is 5.69 Å². The van der Waals surface area contributed by atoms with Crippen molar-refractivity contribution in [1.82, 2.24) is 9.97 Å². The highest BCUT2D eigenvalue weighted by Crippen LogP contribution is 1.91. The number of aromatic nitrogens is 2. The second kappa shape index (κ2) is 2.88. The third kappa shape index (κ3) is 1.57. The van der Waals surface area contributed by atoms with Gasteiger partial charge in [-0.05, 0) is 0 Å². The molecule has 0 spiro atoms. The third-order valence-electron chi connectivity index (χ3n) is 1.05. The Morgan fingerprint density at radius 2 is 2.67 bits per heavy atom. The van der Waals surface area contributed by atoms with Crippen molar-refractivity contribution < 1.29 is 0 Å². The molecular weight excluding hydrogens is 114 g/mol. The zero-order valence-electron chi connectivity index (χ0n) is 4.96. The van der Waals surface area contributed by atoms with Gasteiger partial charge in [0.15, 0.2) is 0 Å². The first-order valence-corrected chi connectivity index (χ1v) is 2.74. The highest BCUT2D eigenvalue weighted by molar-refractivity contribution is 4.95. The van der Waals surface area contributed by atoms with Gasteiger partial charge in [-0.25, -0.2) is 11.6 Å². The Morgan fingerprint density at radius 3 is 3.22 bits per heavy atom. The largest absolute Gasteiger partial charge is 0.348 e. The van der Waals surface area contributed by atoms with Crippen molar-refractivity contribution in [3.63, 3.8) is 0 Å². The van der Waals surface area contributed by atoms with E-state index in [4.69, 9.17) is 6.57 Å². The van der Waals surface area contributed by atoms with E-state index in [1.807, 2.05) is 0 Å². The summed E-state index contributed by atoms with van der Waals surface area (Å²) in [5.41, 5.74) is 1.03. The van der Waals surface area contributed by atoms with Crippen molar-refractivity contribution in [2.24, 2.45) is 0 Å². The van der Waals surface area contributed by atoms with Crippen LogP contribution in [0.5, 0.6) is 0 Å². The fourth-order valence-corrected chi connectivity index (χ4v) is 0.598. The van der Waals surface area contributed by atoms with E-state index >= 15 is 0 Å². The summed E-state index contributed by atoms with van der Waals surface area (Å²) in [6.07, 6.45) is 4.15. The Hall–Kier alpha value is -1.30. The average molecular weight is 121 g/mol. The summed E-state index contributed by atoms with van der Waals surface area (Å²) in [7, 11) is 0. The van der Waals surface area contributed by atoms with Gasteiger partial charge in [-0.15, -0.1) is 0 Å². The van der Waals surface area contributed by atoms with Gasteiger partial charge in [0, 0.05) is 11.9 Å². The van der Waals surface area contributed by atoms with E-state index in [9.17, 15) is 0 Å². The number of nitrogens with zero attached hydrogens (tertiary/aromatic N) is 2. The average Bonchev–Trinajstić information content (AvgIpc) is 2.34. The van der Waals surface area contributed by atoms with Crippen LogP contribution in [0.4, 0.5) is 0 Å². The molecule has 0 aliphatic carbocycles. The van der Waals surface area contributed by atoms with Crippen molar-refractivity contribution >= 4 is 0 Å². The van der Waals surface area contributed by atoms with Gasteiger partial charge in [0.1, 0.15) is 0 Å². The molecule has 3 heteroatoms. The lowest BCUT2D eigenvalue weighted by atomic mass is 10.3. The van der Waals surface area contributed by atoms with Gasteiger partial charge in [0.2, 0.25) is 6.54 Å². The van der Waals surface area contributed by atoms with Crippen molar-refractivity contribution in [3.05, 3.63) is 29.6 Å². The third-order valence-corrected chi connectivity index (χ3v) is 1.05. The Bertz CT molecular complexity index is 195. The first-order valence-electron chi connectivity index (χ1n) is 2.74. The van der Waals surface area contributed by atoms with Crippen LogP contribution in [0, 0.1) is 6.57 Å². The van der Waals surface area contributed by atoms with Crippen LogP contribution in [-0.2, 0) is 6.42 Å². The van der Waals surface area contributed by atoms with Crippen molar-refractivity contribution in [2.75, 3.05) is 6.54 Å². The molecule has 0 saturated heterocycles. The van der Waals surface area contributed by atoms with E-state index in [0.29, 0.717) is 6.54 Å². The van der Waals surface area contributed by atoms with Crippen LogP contribution in [0.2, 0.25) is 0 Å². The maximum absolute atomic E-state index is 6.50. The smallest absolute Gasteiger partial charge is 0.220 e. The maximum Gasteiger partial charge on any atom is 0.220 e. The molecule has 0 aromatic carbocycles. The minimum Gasteiger partial charge on any atom is -0.348 e. The lowest BCUT2D eigenvalue weighted by Crippen LogP contribution is -1.85. The number of rotatable bonds is 2. The molecule has 0 unspecified atom stereocenters. The SMILES string of the molecule is [C-]#[N+]CCc1cnc[nH]1. The summed E-state index contributed by atoms with van der Waals surface area (Å²) in [6.45, 7) is 7.04. The number of H-pyrrole nitrogens is 1. The molecule has 1 N–H and O–H groups in total. The van der Waals surface area contributed by atoms with Gasteiger partial charge in [-0.2, -0.15) is 0 Å². The van der Waals surface area contributed by atoms with E-state index in [1.54, 1.807) is 12.5 Å². The van der Waals surface area contributed by atoms with E-state index in [0.717, 1.165) is 12.1 Å². The zero-order valence-corrected chi connectivity index (χ0v) is 4.96. The lowest BCUT2D eigenvalue weighted by molar-refractivity contribution is 1.02. The fraction of sp³-hybridized carbons (Fsp3) is 0.333. The fourth-order valence-electron chi connectivity index (χ4n) is 0.598. The first kappa shape index (κ1) is 5.83. The van der Waals surface area contributed by atoms with Crippen molar-refractivity contribution in [3.8, 4) is 0 Å². The van der Waals surface area contributed by atoms with Crippen molar-refractivity contribution in [1.29, 1.82) is 0 Å². The highest BCUT2D eigenvalue weighted by Gasteiger charge is 1.92. The molecule has 0 amide bonds. The molecule has 1 rings (SSSR count). The molecule has 0 aliphatic heterocycles. The summed E-state index contributed by atoms with van der Waals surface area (Å²) in [6, 6.07) is 0. The van der Waals surface area contributed by atoms with Gasteiger partial charge in [0.25, 0.3) is 0 Å². The quantitative estimate of drug-likeness (QED) is 0.578. The van der Waals surface area contributed by atoms with Gasteiger partial charge >= 0.3 is 0 Å². The predicted octanol–water partition coefficient (Wildman–Crippen LogP) is 0.871. The molecule has 9 heavy (non-hydrogen) atoms. The number of aromatic amines is 1. The minimum absolute atomic E-state index is 0.544. The molecule has 1 heterocycles. The standard InChI is InChI=1S/C6H7N3/c1-7-3-2-6-4-8-5-9-6/h4-5H,2-3H2,(H,8,9). The highest BCUT2D eigenvalue weighted by atomic mass is 14.9. The Balaban J connectivity index is 2.41. The Labute approximate surface area is 53.6 Å². The van der Waals surface area contributed by atoms with E-state index in [1.165, 1.54) is 0 Å².